The van der Waals surface area contributed by atoms with Crippen molar-refractivity contribution in [1.29, 1.82) is 0 Å². The summed E-state index contributed by atoms with van der Waals surface area (Å²) < 4.78 is 5.67. The average molecular weight is 237 g/mol. The van der Waals surface area contributed by atoms with Crippen LogP contribution in [0, 0.1) is 0 Å². The van der Waals surface area contributed by atoms with E-state index in [1.165, 1.54) is 11.3 Å². The molecule has 0 aromatic heterocycles. The molecule has 1 atom stereocenters. The van der Waals surface area contributed by atoms with Gasteiger partial charge in [0.2, 0.25) is 0 Å². The summed E-state index contributed by atoms with van der Waals surface area (Å²) in [6.07, 6.45) is 0. The fourth-order valence-corrected chi connectivity index (χ4v) is 2.21. The van der Waals surface area contributed by atoms with Gasteiger partial charge in [0.1, 0.15) is 12.4 Å². The number of hydrogen-bond acceptors (Lipinski definition) is 3. The summed E-state index contributed by atoms with van der Waals surface area (Å²) in [6.45, 7) is 8.27. The number of rotatable bonds is 2. The maximum atomic E-state index is 5.67. The van der Waals surface area contributed by atoms with E-state index < -0.39 is 0 Å². The Morgan fingerprint density at radius 2 is 2.06 bits per heavy atom. The van der Waals surface area contributed by atoms with Crippen molar-refractivity contribution >= 4 is 18.3 Å². The molecule has 2 rings (SSSR count). The number of fused-ring (bicyclic) bond motifs is 1. The summed E-state index contributed by atoms with van der Waals surface area (Å²) in [5, 5.41) is 0.265. The van der Waals surface area contributed by atoms with Crippen molar-refractivity contribution < 1.29 is 4.74 Å². The van der Waals surface area contributed by atoms with Gasteiger partial charge in [-0.2, -0.15) is 12.6 Å². The van der Waals surface area contributed by atoms with E-state index >= 15 is 0 Å². The van der Waals surface area contributed by atoms with Gasteiger partial charge in [0.05, 0.1) is 12.2 Å². The van der Waals surface area contributed by atoms with Gasteiger partial charge in [-0.25, -0.2) is 0 Å². The van der Waals surface area contributed by atoms with Gasteiger partial charge in [-0.15, -0.1) is 0 Å². The van der Waals surface area contributed by atoms with Gasteiger partial charge >= 0.3 is 0 Å². The van der Waals surface area contributed by atoms with Crippen LogP contribution in [0.5, 0.6) is 5.75 Å². The van der Waals surface area contributed by atoms with Crippen molar-refractivity contribution in [3.63, 3.8) is 0 Å². The normalized spacial score (nSPS) is 16.9. The molecule has 1 aromatic carbocycles. The number of ether oxygens (including phenoxy) is 1. The summed E-state index contributed by atoms with van der Waals surface area (Å²) >= 11 is 4.48. The van der Waals surface area contributed by atoms with Crippen LogP contribution in [-0.4, -0.2) is 19.2 Å². The molecule has 1 unspecified atom stereocenters. The molecular formula is C13H19NOS. The van der Waals surface area contributed by atoms with Crippen LogP contribution in [0.2, 0.25) is 0 Å². The van der Waals surface area contributed by atoms with Gasteiger partial charge < -0.3 is 9.64 Å². The lowest BCUT2D eigenvalue weighted by Gasteiger charge is -2.34. The van der Waals surface area contributed by atoms with Gasteiger partial charge in [-0.1, -0.05) is 6.07 Å². The van der Waals surface area contributed by atoms with Crippen molar-refractivity contribution in [1.82, 2.24) is 0 Å². The Kier molecular flexibility index (Phi) is 3.33. The molecule has 0 bridgehead atoms. The molecular weight excluding hydrogens is 218 g/mol. The van der Waals surface area contributed by atoms with Crippen molar-refractivity contribution in [2.45, 2.75) is 32.1 Å². The van der Waals surface area contributed by atoms with Crippen LogP contribution in [0.3, 0.4) is 0 Å². The highest BCUT2D eigenvalue weighted by Crippen LogP contribution is 2.35. The molecule has 0 amide bonds. The average Bonchev–Trinajstić information content (AvgIpc) is 2.27. The van der Waals surface area contributed by atoms with Crippen LogP contribution in [0.1, 0.15) is 31.6 Å². The molecule has 16 heavy (non-hydrogen) atoms. The molecule has 1 heterocycles. The van der Waals surface area contributed by atoms with Crippen LogP contribution >= 0.6 is 12.6 Å². The van der Waals surface area contributed by atoms with Crippen LogP contribution in [0.15, 0.2) is 18.2 Å². The third-order valence-electron chi connectivity index (χ3n) is 2.99. The zero-order chi connectivity index (χ0) is 11.7. The fourth-order valence-electron chi connectivity index (χ4n) is 2.05. The third kappa shape index (κ3) is 2.14. The highest BCUT2D eigenvalue weighted by molar-refractivity contribution is 7.80. The Bertz CT molecular complexity index is 376. The molecule has 0 spiro atoms. The molecule has 1 aliphatic rings. The summed E-state index contributed by atoms with van der Waals surface area (Å²) in [5.74, 6) is 0.998. The zero-order valence-corrected chi connectivity index (χ0v) is 11.0. The first-order valence-corrected chi connectivity index (χ1v) is 6.32. The number of anilines is 1. The second-order valence-electron chi connectivity index (χ2n) is 4.54. The predicted molar refractivity (Wildman–Crippen MR) is 71.8 cm³/mol. The lowest BCUT2D eigenvalue weighted by molar-refractivity contribution is 0.302. The quantitative estimate of drug-likeness (QED) is 0.792. The molecule has 3 heteroatoms. The number of hydrogen-bond donors (Lipinski definition) is 1. The monoisotopic (exact) mass is 237 g/mol. The van der Waals surface area contributed by atoms with E-state index in [1.807, 2.05) is 0 Å². The number of nitrogens with zero attached hydrogens (tertiary/aromatic N) is 1. The molecule has 0 radical (unpaired) electrons. The second kappa shape index (κ2) is 4.58. The number of thiol groups is 1. The van der Waals surface area contributed by atoms with Crippen LogP contribution < -0.4 is 9.64 Å². The van der Waals surface area contributed by atoms with Gasteiger partial charge in [-0.3, -0.25) is 0 Å². The van der Waals surface area contributed by atoms with E-state index in [4.69, 9.17) is 4.74 Å². The van der Waals surface area contributed by atoms with Gasteiger partial charge in [0.15, 0.2) is 0 Å². The predicted octanol–water partition coefficient (Wildman–Crippen LogP) is 3.28. The zero-order valence-electron chi connectivity index (χ0n) is 10.1. The minimum absolute atomic E-state index is 0.265. The largest absolute Gasteiger partial charge is 0.490 e. The SMILES string of the molecule is CC(S)c1ccc2c(c1)N(C(C)C)CCO2. The second-order valence-corrected chi connectivity index (χ2v) is 5.31. The van der Waals surface area contributed by atoms with Crippen LogP contribution in [0.25, 0.3) is 0 Å². The van der Waals surface area contributed by atoms with Crippen molar-refractivity contribution in [3.8, 4) is 5.75 Å². The van der Waals surface area contributed by atoms with Crippen LogP contribution in [-0.2, 0) is 0 Å². The molecule has 0 aliphatic carbocycles. The summed E-state index contributed by atoms with van der Waals surface area (Å²) in [4.78, 5) is 2.39. The van der Waals surface area contributed by atoms with Gasteiger partial charge in [0.25, 0.3) is 0 Å². The Morgan fingerprint density at radius 3 is 2.69 bits per heavy atom. The first-order chi connectivity index (χ1) is 7.59. The highest BCUT2D eigenvalue weighted by Gasteiger charge is 2.20. The highest BCUT2D eigenvalue weighted by atomic mass is 32.1. The summed E-state index contributed by atoms with van der Waals surface area (Å²) in [7, 11) is 0. The smallest absolute Gasteiger partial charge is 0.142 e. The Hall–Kier alpha value is -0.830. The lowest BCUT2D eigenvalue weighted by atomic mass is 10.1. The van der Waals surface area contributed by atoms with E-state index in [2.05, 4.69) is 56.5 Å². The number of benzene rings is 1. The topological polar surface area (TPSA) is 12.5 Å². The Balaban J connectivity index is 2.40. The standard InChI is InChI=1S/C13H19NOS/c1-9(2)14-6-7-15-13-5-4-11(10(3)16)8-12(13)14/h4-5,8-10,16H,6-7H2,1-3H3. The molecule has 0 saturated heterocycles. The molecule has 1 aliphatic heterocycles. The van der Waals surface area contributed by atoms with Gasteiger partial charge in [0, 0.05) is 11.3 Å². The Morgan fingerprint density at radius 1 is 1.31 bits per heavy atom. The first kappa shape index (κ1) is 11.6. The van der Waals surface area contributed by atoms with Crippen LogP contribution in [0.4, 0.5) is 5.69 Å². The summed E-state index contributed by atoms with van der Waals surface area (Å²) in [6, 6.07) is 6.87. The van der Waals surface area contributed by atoms with Gasteiger partial charge in [-0.05, 0) is 38.5 Å². The molecule has 0 saturated carbocycles. The minimum atomic E-state index is 0.265. The lowest BCUT2D eigenvalue weighted by Crippen LogP contribution is -2.37. The van der Waals surface area contributed by atoms with Crippen molar-refractivity contribution in [3.05, 3.63) is 23.8 Å². The first-order valence-electron chi connectivity index (χ1n) is 5.81. The Labute approximate surface area is 103 Å². The van der Waals surface area contributed by atoms with E-state index in [0.29, 0.717) is 6.04 Å². The molecule has 2 nitrogen and oxygen atoms in total. The summed E-state index contributed by atoms with van der Waals surface area (Å²) in [5.41, 5.74) is 2.46. The fraction of sp³-hybridized carbons (Fsp3) is 0.538. The maximum absolute atomic E-state index is 5.67. The van der Waals surface area contributed by atoms with E-state index in [9.17, 15) is 0 Å². The van der Waals surface area contributed by atoms with E-state index in [1.54, 1.807) is 0 Å². The third-order valence-corrected chi connectivity index (χ3v) is 3.29. The van der Waals surface area contributed by atoms with E-state index in [0.717, 1.165) is 18.9 Å². The minimum Gasteiger partial charge on any atom is -0.490 e. The molecule has 0 fully saturated rings. The molecule has 0 N–H and O–H groups in total. The van der Waals surface area contributed by atoms with Crippen molar-refractivity contribution in [2.24, 2.45) is 0 Å². The molecule has 88 valence electrons. The van der Waals surface area contributed by atoms with E-state index in [-0.39, 0.29) is 5.25 Å². The van der Waals surface area contributed by atoms with Crippen molar-refractivity contribution in [2.75, 3.05) is 18.1 Å². The molecule has 1 aromatic rings. The maximum Gasteiger partial charge on any atom is 0.142 e.